The Morgan fingerprint density at radius 3 is 2.50 bits per heavy atom. The summed E-state index contributed by atoms with van der Waals surface area (Å²) in [5.41, 5.74) is 5.52. The van der Waals surface area contributed by atoms with E-state index in [4.69, 9.17) is 17.3 Å². The number of anilines is 1. The van der Waals surface area contributed by atoms with Crippen molar-refractivity contribution < 1.29 is 0 Å². The second-order valence-electron chi connectivity index (χ2n) is 2.81. The lowest BCUT2D eigenvalue weighted by Crippen LogP contribution is -2.07. The second kappa shape index (κ2) is 3.81. The molecule has 0 aliphatic carbocycles. The van der Waals surface area contributed by atoms with E-state index in [1.807, 2.05) is 4.68 Å². The summed E-state index contributed by atoms with van der Waals surface area (Å²) in [7, 11) is 0. The summed E-state index contributed by atoms with van der Waals surface area (Å²) < 4.78 is 1.84. The Kier molecular flexibility index (Phi) is 2.98. The van der Waals surface area contributed by atoms with Crippen LogP contribution in [0.25, 0.3) is 0 Å². The summed E-state index contributed by atoms with van der Waals surface area (Å²) in [6.45, 7) is 4.25. The van der Waals surface area contributed by atoms with Gasteiger partial charge in [0.15, 0.2) is 5.82 Å². The zero-order valence-electron chi connectivity index (χ0n) is 7.42. The molecule has 0 bridgehead atoms. The number of rotatable bonds is 3. The molecule has 2 N–H and O–H groups in total. The third-order valence-electron chi connectivity index (χ3n) is 2.03. The van der Waals surface area contributed by atoms with Crippen LogP contribution in [0.4, 0.5) is 5.82 Å². The van der Waals surface area contributed by atoms with E-state index >= 15 is 0 Å². The van der Waals surface area contributed by atoms with Crippen LogP contribution in [0.1, 0.15) is 32.7 Å². The molecular weight excluding hydrogens is 174 g/mol. The van der Waals surface area contributed by atoms with E-state index in [0.717, 1.165) is 12.8 Å². The van der Waals surface area contributed by atoms with E-state index in [0.29, 0.717) is 16.9 Å². The first-order valence-corrected chi connectivity index (χ1v) is 4.57. The van der Waals surface area contributed by atoms with Crippen molar-refractivity contribution in [2.75, 3.05) is 5.73 Å². The van der Waals surface area contributed by atoms with Gasteiger partial charge in [-0.25, -0.2) is 0 Å². The van der Waals surface area contributed by atoms with Crippen LogP contribution in [0.5, 0.6) is 0 Å². The Labute approximate surface area is 77.5 Å². The molecule has 4 heteroatoms. The van der Waals surface area contributed by atoms with E-state index in [9.17, 15) is 0 Å². The molecule has 0 aliphatic rings. The van der Waals surface area contributed by atoms with Crippen molar-refractivity contribution in [3.63, 3.8) is 0 Å². The predicted octanol–water partition coefficient (Wildman–Crippen LogP) is 2.48. The summed E-state index contributed by atoms with van der Waals surface area (Å²) >= 11 is 5.78. The van der Waals surface area contributed by atoms with E-state index < -0.39 is 0 Å². The predicted molar refractivity (Wildman–Crippen MR) is 51.3 cm³/mol. The topological polar surface area (TPSA) is 43.8 Å². The average molecular weight is 188 g/mol. The van der Waals surface area contributed by atoms with Crippen LogP contribution >= 0.6 is 11.6 Å². The van der Waals surface area contributed by atoms with Gasteiger partial charge in [-0.3, -0.25) is 4.68 Å². The maximum Gasteiger partial charge on any atom is 0.164 e. The van der Waals surface area contributed by atoms with Crippen LogP contribution in [-0.2, 0) is 0 Å². The minimum Gasteiger partial charge on any atom is -0.381 e. The summed E-state index contributed by atoms with van der Waals surface area (Å²) in [5.74, 6) is 0.420. The van der Waals surface area contributed by atoms with Gasteiger partial charge in [-0.15, -0.1) is 0 Å². The third-order valence-corrected chi connectivity index (χ3v) is 2.32. The SMILES string of the molecule is CCC(CC)n1cc(Cl)c(N)n1. The summed E-state index contributed by atoms with van der Waals surface area (Å²) in [6, 6.07) is 0.416. The Bertz CT molecular complexity index is 233. The fourth-order valence-electron chi connectivity index (χ4n) is 1.23. The molecule has 1 rings (SSSR count). The lowest BCUT2D eigenvalue weighted by molar-refractivity contribution is 0.430. The first-order chi connectivity index (χ1) is 5.69. The van der Waals surface area contributed by atoms with Crippen LogP contribution in [0.3, 0.4) is 0 Å². The highest BCUT2D eigenvalue weighted by molar-refractivity contribution is 6.32. The van der Waals surface area contributed by atoms with Gasteiger partial charge in [-0.05, 0) is 12.8 Å². The molecule has 1 aromatic rings. The molecule has 3 nitrogen and oxygen atoms in total. The van der Waals surface area contributed by atoms with Gasteiger partial charge in [0.25, 0.3) is 0 Å². The second-order valence-corrected chi connectivity index (χ2v) is 3.22. The molecule has 0 amide bonds. The lowest BCUT2D eigenvalue weighted by Gasteiger charge is -2.11. The minimum absolute atomic E-state index is 0.416. The summed E-state index contributed by atoms with van der Waals surface area (Å²) in [5, 5.41) is 4.66. The highest BCUT2D eigenvalue weighted by Gasteiger charge is 2.09. The van der Waals surface area contributed by atoms with E-state index in [-0.39, 0.29) is 0 Å². The van der Waals surface area contributed by atoms with Crippen molar-refractivity contribution in [3.05, 3.63) is 11.2 Å². The van der Waals surface area contributed by atoms with Gasteiger partial charge in [0.2, 0.25) is 0 Å². The molecule has 0 unspecified atom stereocenters. The molecule has 0 saturated heterocycles. The zero-order valence-corrected chi connectivity index (χ0v) is 8.17. The maximum absolute atomic E-state index is 5.78. The molecule has 68 valence electrons. The van der Waals surface area contributed by atoms with Crippen molar-refractivity contribution in [2.45, 2.75) is 32.7 Å². The van der Waals surface area contributed by atoms with E-state index in [1.54, 1.807) is 6.20 Å². The largest absolute Gasteiger partial charge is 0.381 e. The molecule has 1 heterocycles. The molecule has 0 radical (unpaired) electrons. The van der Waals surface area contributed by atoms with Gasteiger partial charge < -0.3 is 5.73 Å². The number of nitrogen functional groups attached to an aromatic ring is 1. The van der Waals surface area contributed by atoms with Gasteiger partial charge in [0.05, 0.1) is 6.04 Å². The molecule has 1 aromatic heterocycles. The van der Waals surface area contributed by atoms with Gasteiger partial charge >= 0.3 is 0 Å². The average Bonchev–Trinajstić information content (AvgIpc) is 2.35. The summed E-state index contributed by atoms with van der Waals surface area (Å²) in [4.78, 5) is 0. The highest BCUT2D eigenvalue weighted by atomic mass is 35.5. The fraction of sp³-hybridized carbons (Fsp3) is 0.625. The number of halogens is 1. The van der Waals surface area contributed by atoms with Gasteiger partial charge in [0, 0.05) is 6.20 Å². The van der Waals surface area contributed by atoms with E-state index in [1.165, 1.54) is 0 Å². The quantitative estimate of drug-likeness (QED) is 0.790. The number of hydrogen-bond donors (Lipinski definition) is 1. The van der Waals surface area contributed by atoms with Crippen LogP contribution in [-0.4, -0.2) is 9.78 Å². The lowest BCUT2D eigenvalue weighted by atomic mass is 10.2. The first-order valence-electron chi connectivity index (χ1n) is 4.19. The van der Waals surface area contributed by atoms with Crippen molar-refractivity contribution in [1.82, 2.24) is 9.78 Å². The number of nitrogens with zero attached hydrogens (tertiary/aromatic N) is 2. The Balaban J connectivity index is 2.86. The van der Waals surface area contributed by atoms with Crippen molar-refractivity contribution in [1.29, 1.82) is 0 Å². The summed E-state index contributed by atoms with van der Waals surface area (Å²) in [6.07, 6.45) is 3.89. The molecule has 12 heavy (non-hydrogen) atoms. The highest BCUT2D eigenvalue weighted by Crippen LogP contribution is 2.21. The van der Waals surface area contributed by atoms with Crippen LogP contribution < -0.4 is 5.73 Å². The Hall–Kier alpha value is -0.700. The molecular formula is C8H14ClN3. The van der Waals surface area contributed by atoms with Gasteiger partial charge in [0.1, 0.15) is 5.02 Å². The monoisotopic (exact) mass is 187 g/mol. The zero-order chi connectivity index (χ0) is 9.14. The number of hydrogen-bond acceptors (Lipinski definition) is 2. The van der Waals surface area contributed by atoms with E-state index in [2.05, 4.69) is 18.9 Å². The van der Waals surface area contributed by atoms with Crippen LogP contribution in [0.15, 0.2) is 6.20 Å². The smallest absolute Gasteiger partial charge is 0.164 e. The van der Waals surface area contributed by atoms with Crippen molar-refractivity contribution >= 4 is 17.4 Å². The number of aromatic nitrogens is 2. The Morgan fingerprint density at radius 2 is 2.17 bits per heavy atom. The molecule has 0 spiro atoms. The maximum atomic E-state index is 5.78. The van der Waals surface area contributed by atoms with Crippen LogP contribution in [0, 0.1) is 0 Å². The third kappa shape index (κ3) is 1.72. The number of nitrogens with two attached hydrogens (primary N) is 1. The normalized spacial score (nSPS) is 11.0. The molecule has 0 aliphatic heterocycles. The van der Waals surface area contributed by atoms with Crippen molar-refractivity contribution in [3.8, 4) is 0 Å². The first kappa shape index (κ1) is 9.39. The Morgan fingerprint density at radius 1 is 1.58 bits per heavy atom. The minimum atomic E-state index is 0.416. The molecule has 0 aromatic carbocycles. The fourth-order valence-corrected chi connectivity index (χ4v) is 1.37. The van der Waals surface area contributed by atoms with Gasteiger partial charge in [-0.1, -0.05) is 25.4 Å². The van der Waals surface area contributed by atoms with Gasteiger partial charge in [-0.2, -0.15) is 5.10 Å². The molecule has 0 atom stereocenters. The standard InChI is InChI=1S/C8H14ClN3/c1-3-6(4-2)12-5-7(9)8(10)11-12/h5-6H,3-4H2,1-2H3,(H2,10,11). The molecule has 0 fully saturated rings. The van der Waals surface area contributed by atoms with Crippen LogP contribution in [0.2, 0.25) is 5.02 Å². The molecule has 0 saturated carbocycles. The van der Waals surface area contributed by atoms with Crippen molar-refractivity contribution in [2.24, 2.45) is 0 Å².